The van der Waals surface area contributed by atoms with Crippen LogP contribution in [0.4, 0.5) is 10.1 Å². The average molecular weight is 471 g/mol. The highest BCUT2D eigenvalue weighted by atomic mass is 35.5. The Morgan fingerprint density at radius 2 is 2.03 bits per heavy atom. The average Bonchev–Trinajstić information content (AvgIpc) is 3.43. The quantitative estimate of drug-likeness (QED) is 0.568. The second-order valence-electron chi connectivity index (χ2n) is 7.42. The SMILES string of the molecule is O=C([N+]#CC1CC[C@H](C(=O)Nc2ccc(-n3ccccc3=O)cc2F)C1)c1ccc(Cl)s1. The van der Waals surface area contributed by atoms with Gasteiger partial charge in [-0.25, -0.2) is 4.39 Å². The fourth-order valence-corrected chi connectivity index (χ4v) is 4.53. The zero-order valence-corrected chi connectivity index (χ0v) is 18.3. The first-order valence-corrected chi connectivity index (χ1v) is 11.1. The molecule has 9 heteroatoms. The lowest BCUT2D eigenvalue weighted by Crippen LogP contribution is -2.21. The Balaban J connectivity index is 1.38. The van der Waals surface area contributed by atoms with Crippen LogP contribution in [0.3, 0.4) is 0 Å². The molecule has 1 aliphatic rings. The summed E-state index contributed by atoms with van der Waals surface area (Å²) in [4.78, 5) is 40.9. The van der Waals surface area contributed by atoms with Gasteiger partial charge in [0.25, 0.3) is 11.6 Å². The highest BCUT2D eigenvalue weighted by Crippen LogP contribution is 2.32. The van der Waals surface area contributed by atoms with Crippen molar-refractivity contribution >= 4 is 40.4 Å². The van der Waals surface area contributed by atoms with Gasteiger partial charge in [-0.15, -0.1) is 11.3 Å². The number of nitrogens with zero attached hydrogens (tertiary/aromatic N) is 2. The summed E-state index contributed by atoms with van der Waals surface area (Å²) in [6.45, 7) is 0. The minimum absolute atomic E-state index is 0.0496. The lowest BCUT2D eigenvalue weighted by Gasteiger charge is -2.12. The summed E-state index contributed by atoms with van der Waals surface area (Å²) in [5.74, 6) is -1.79. The zero-order chi connectivity index (χ0) is 22.7. The van der Waals surface area contributed by atoms with Gasteiger partial charge in [-0.2, -0.15) is 4.79 Å². The van der Waals surface area contributed by atoms with Crippen molar-refractivity contribution < 1.29 is 14.0 Å². The number of rotatable bonds is 4. The van der Waals surface area contributed by atoms with Crippen LogP contribution in [0.5, 0.6) is 0 Å². The van der Waals surface area contributed by atoms with E-state index >= 15 is 0 Å². The van der Waals surface area contributed by atoms with E-state index in [1.165, 1.54) is 22.8 Å². The Morgan fingerprint density at radius 3 is 2.75 bits per heavy atom. The summed E-state index contributed by atoms with van der Waals surface area (Å²) in [6, 6.07) is 15.0. The van der Waals surface area contributed by atoms with Gasteiger partial charge < -0.3 is 5.32 Å². The summed E-state index contributed by atoms with van der Waals surface area (Å²) in [6.07, 6.45) is 3.28. The van der Waals surface area contributed by atoms with Gasteiger partial charge in [-0.3, -0.25) is 14.2 Å². The van der Waals surface area contributed by atoms with Crippen molar-refractivity contribution in [3.63, 3.8) is 0 Å². The number of hydrogen-bond acceptors (Lipinski definition) is 4. The number of carbonyl (C=O) groups excluding carboxylic acids is 2. The van der Waals surface area contributed by atoms with E-state index in [2.05, 4.69) is 16.2 Å². The van der Waals surface area contributed by atoms with Crippen LogP contribution < -0.4 is 10.9 Å². The summed E-state index contributed by atoms with van der Waals surface area (Å²) >= 11 is 6.98. The van der Waals surface area contributed by atoms with Crippen LogP contribution in [-0.2, 0) is 4.79 Å². The molecule has 32 heavy (non-hydrogen) atoms. The highest BCUT2D eigenvalue weighted by Gasteiger charge is 2.33. The van der Waals surface area contributed by atoms with E-state index < -0.39 is 11.7 Å². The molecule has 0 spiro atoms. The van der Waals surface area contributed by atoms with Crippen LogP contribution in [-0.4, -0.2) is 16.4 Å². The van der Waals surface area contributed by atoms with Crippen molar-refractivity contribution in [2.24, 2.45) is 11.8 Å². The molecule has 2 aromatic heterocycles. The lowest BCUT2D eigenvalue weighted by molar-refractivity contribution is -0.119. The Hall–Kier alpha value is -3.28. The van der Waals surface area contributed by atoms with Crippen LogP contribution in [0.25, 0.3) is 10.5 Å². The van der Waals surface area contributed by atoms with E-state index in [1.54, 1.807) is 36.5 Å². The van der Waals surface area contributed by atoms with Gasteiger partial charge >= 0.3 is 5.91 Å². The van der Waals surface area contributed by atoms with Crippen molar-refractivity contribution in [1.29, 1.82) is 0 Å². The zero-order valence-electron chi connectivity index (χ0n) is 16.8. The number of nitrogens with one attached hydrogen (secondary N) is 1. The maximum atomic E-state index is 14.6. The smallest absolute Gasteiger partial charge is 0.323 e. The largest absolute Gasteiger partial charge is 0.557 e. The minimum Gasteiger partial charge on any atom is -0.323 e. The molecule has 0 aliphatic heterocycles. The molecule has 1 saturated carbocycles. The fourth-order valence-electron chi connectivity index (χ4n) is 3.60. The van der Waals surface area contributed by atoms with Gasteiger partial charge in [0, 0.05) is 29.1 Å². The molecule has 1 aromatic carbocycles. The van der Waals surface area contributed by atoms with E-state index in [4.69, 9.17) is 11.6 Å². The second kappa shape index (κ2) is 9.47. The van der Waals surface area contributed by atoms with E-state index in [9.17, 15) is 18.8 Å². The maximum absolute atomic E-state index is 14.6. The minimum atomic E-state index is -0.630. The van der Waals surface area contributed by atoms with E-state index in [0.717, 1.165) is 11.3 Å². The number of anilines is 1. The third-order valence-electron chi connectivity index (χ3n) is 5.25. The molecule has 0 saturated heterocycles. The van der Waals surface area contributed by atoms with Crippen LogP contribution in [0.15, 0.2) is 59.5 Å². The summed E-state index contributed by atoms with van der Waals surface area (Å²) in [5, 5.41) is 2.62. The predicted molar refractivity (Wildman–Crippen MR) is 122 cm³/mol. The molecule has 0 radical (unpaired) electrons. The Morgan fingerprint density at radius 1 is 1.19 bits per heavy atom. The lowest BCUT2D eigenvalue weighted by atomic mass is 10.1. The number of benzene rings is 1. The molecule has 2 amide bonds. The molecule has 1 fully saturated rings. The summed E-state index contributed by atoms with van der Waals surface area (Å²) in [5.41, 5.74) is 0.141. The molecule has 2 atom stereocenters. The first-order chi connectivity index (χ1) is 15.4. The van der Waals surface area contributed by atoms with Crippen LogP contribution in [0.1, 0.15) is 28.9 Å². The molecular weight excluding hydrogens is 453 g/mol. The number of amides is 2. The maximum Gasteiger partial charge on any atom is 0.557 e. The predicted octanol–water partition coefficient (Wildman–Crippen LogP) is 5.22. The standard InChI is InChI=1S/C23H17ClFN3O3S/c24-20-9-8-19(32-20)23(31)26-13-14-4-5-15(11-14)22(30)27-18-7-6-16(12-17(18)25)28-10-2-1-3-21(28)29/h1-3,6-10,12,14-15H,4-5,11H2/p+1/t14?,15-/m0/s1. The normalized spacial score (nSPS) is 17.4. The van der Waals surface area contributed by atoms with Crippen molar-refractivity contribution in [3.8, 4) is 11.8 Å². The summed E-state index contributed by atoms with van der Waals surface area (Å²) < 4.78 is 16.4. The molecule has 4 rings (SSSR count). The topological polar surface area (TPSA) is 72.5 Å². The Bertz CT molecular complexity index is 1310. The summed E-state index contributed by atoms with van der Waals surface area (Å²) in [7, 11) is 0. The number of aromatic nitrogens is 1. The molecule has 1 unspecified atom stereocenters. The molecule has 0 bridgehead atoms. The molecule has 2 heterocycles. The molecule has 6 nitrogen and oxygen atoms in total. The monoisotopic (exact) mass is 470 g/mol. The van der Waals surface area contributed by atoms with Crippen LogP contribution in [0, 0.1) is 23.7 Å². The van der Waals surface area contributed by atoms with Crippen LogP contribution in [0.2, 0.25) is 4.34 Å². The van der Waals surface area contributed by atoms with Gasteiger partial charge in [0.2, 0.25) is 5.91 Å². The van der Waals surface area contributed by atoms with Gasteiger partial charge in [0.15, 0.2) is 4.88 Å². The molecule has 1 aliphatic carbocycles. The van der Waals surface area contributed by atoms with Gasteiger partial charge in [0.1, 0.15) is 5.82 Å². The van der Waals surface area contributed by atoms with Gasteiger partial charge in [-0.1, -0.05) is 17.7 Å². The Kier molecular flexibility index (Phi) is 6.49. The first kappa shape index (κ1) is 21.9. The van der Waals surface area contributed by atoms with Crippen molar-refractivity contribution in [3.05, 3.63) is 85.0 Å². The number of halogens is 2. The van der Waals surface area contributed by atoms with E-state index in [-0.39, 0.29) is 29.0 Å². The van der Waals surface area contributed by atoms with Crippen LogP contribution >= 0.6 is 22.9 Å². The van der Waals surface area contributed by atoms with Gasteiger partial charge in [0.05, 0.1) is 21.6 Å². The highest BCUT2D eigenvalue weighted by molar-refractivity contribution is 7.18. The molecule has 162 valence electrons. The number of thiophene rings is 1. The van der Waals surface area contributed by atoms with E-state index in [0.29, 0.717) is 34.2 Å². The van der Waals surface area contributed by atoms with Crippen molar-refractivity contribution in [2.75, 3.05) is 5.32 Å². The fraction of sp³-hybridized carbons (Fsp3) is 0.217. The number of pyridine rings is 1. The van der Waals surface area contributed by atoms with Crippen molar-refractivity contribution in [2.45, 2.75) is 19.3 Å². The number of carbonyl (C=O) groups is 2. The first-order valence-electron chi connectivity index (χ1n) is 9.95. The third-order valence-corrected chi connectivity index (χ3v) is 6.47. The van der Waals surface area contributed by atoms with Gasteiger partial charge in [-0.05, 0) is 49.6 Å². The van der Waals surface area contributed by atoms with Crippen molar-refractivity contribution in [1.82, 2.24) is 4.57 Å². The molecule has 3 aromatic rings. The van der Waals surface area contributed by atoms with E-state index in [1.807, 2.05) is 0 Å². The second-order valence-corrected chi connectivity index (χ2v) is 9.13. The molecule has 1 N–H and O–H groups in total. The Labute approximate surface area is 192 Å². The number of hydrogen-bond donors (Lipinski definition) is 1. The third kappa shape index (κ3) is 4.96. The molecular formula is C23H18ClFN3O3S+.